The summed E-state index contributed by atoms with van der Waals surface area (Å²) in [6.45, 7) is 0. The molecule has 0 spiro atoms. The van der Waals surface area contributed by atoms with Gasteiger partial charge in [0.25, 0.3) is 5.91 Å². The number of carbonyl (C=O) groups is 1. The zero-order valence-corrected chi connectivity index (χ0v) is 11.0. The summed E-state index contributed by atoms with van der Waals surface area (Å²) in [7, 11) is 0. The molecule has 2 aromatic rings. The lowest BCUT2D eigenvalue weighted by Crippen LogP contribution is -2.16. The summed E-state index contributed by atoms with van der Waals surface area (Å²) < 4.78 is 0. The summed E-state index contributed by atoms with van der Waals surface area (Å²) in [5.74, 6) is 5.04. The molecule has 0 aliphatic rings. The van der Waals surface area contributed by atoms with Crippen LogP contribution >= 0.6 is 23.2 Å². The van der Waals surface area contributed by atoms with Gasteiger partial charge in [0, 0.05) is 0 Å². The van der Waals surface area contributed by atoms with Crippen LogP contribution in [0.3, 0.4) is 0 Å². The second-order valence-electron chi connectivity index (χ2n) is 3.48. The molecule has 98 valence electrons. The fourth-order valence-electron chi connectivity index (χ4n) is 1.31. The molecule has 19 heavy (non-hydrogen) atoms. The highest BCUT2D eigenvalue weighted by Gasteiger charge is 2.12. The zero-order valence-electron chi connectivity index (χ0n) is 9.52. The van der Waals surface area contributed by atoms with Crippen LogP contribution in [0.5, 0.6) is 0 Å². The lowest BCUT2D eigenvalue weighted by atomic mass is 10.3. The van der Waals surface area contributed by atoms with Crippen LogP contribution in [-0.4, -0.2) is 15.9 Å². The number of aromatic nitrogens is 2. The molecule has 0 radical (unpaired) electrons. The summed E-state index contributed by atoms with van der Waals surface area (Å²) in [4.78, 5) is 19.7. The molecular formula is C11H9Cl2N5O. The third kappa shape index (κ3) is 3.11. The minimum absolute atomic E-state index is 0.120. The minimum Gasteiger partial charge on any atom is -0.318 e. The Labute approximate surface area is 118 Å². The van der Waals surface area contributed by atoms with Crippen LogP contribution in [0.4, 0.5) is 11.5 Å². The number of nitrogens with one attached hydrogen (secondary N) is 2. The van der Waals surface area contributed by atoms with Crippen LogP contribution in [0.1, 0.15) is 10.5 Å². The maximum absolute atomic E-state index is 11.9. The Morgan fingerprint density at radius 2 is 1.84 bits per heavy atom. The van der Waals surface area contributed by atoms with E-state index in [-0.39, 0.29) is 5.69 Å². The predicted molar refractivity (Wildman–Crippen MR) is 74.3 cm³/mol. The Balaban J connectivity index is 2.20. The molecule has 0 saturated heterocycles. The predicted octanol–water partition coefficient (Wildman–Crippen LogP) is 2.32. The van der Waals surface area contributed by atoms with Crippen molar-refractivity contribution in [2.24, 2.45) is 5.84 Å². The average molecular weight is 298 g/mol. The number of nitrogens with zero attached hydrogens (tertiary/aromatic N) is 2. The van der Waals surface area contributed by atoms with Gasteiger partial charge in [-0.3, -0.25) is 4.79 Å². The van der Waals surface area contributed by atoms with Crippen molar-refractivity contribution in [3.63, 3.8) is 0 Å². The van der Waals surface area contributed by atoms with Crippen molar-refractivity contribution in [2.75, 3.05) is 10.7 Å². The van der Waals surface area contributed by atoms with E-state index in [4.69, 9.17) is 29.0 Å². The van der Waals surface area contributed by atoms with Crippen molar-refractivity contribution in [3.8, 4) is 0 Å². The van der Waals surface area contributed by atoms with Crippen LogP contribution in [0.2, 0.25) is 10.0 Å². The normalized spacial score (nSPS) is 10.1. The van der Waals surface area contributed by atoms with Crippen molar-refractivity contribution < 1.29 is 4.79 Å². The second kappa shape index (κ2) is 5.83. The van der Waals surface area contributed by atoms with Crippen molar-refractivity contribution in [1.82, 2.24) is 9.97 Å². The summed E-state index contributed by atoms with van der Waals surface area (Å²) in [5, 5.41) is 3.26. The summed E-state index contributed by atoms with van der Waals surface area (Å²) >= 11 is 11.9. The van der Waals surface area contributed by atoms with Gasteiger partial charge in [-0.2, -0.15) is 0 Å². The summed E-state index contributed by atoms with van der Waals surface area (Å²) in [5.41, 5.74) is 2.77. The number of para-hydroxylation sites is 1. The van der Waals surface area contributed by atoms with E-state index in [0.29, 0.717) is 21.6 Å². The lowest BCUT2D eigenvalue weighted by Gasteiger charge is -2.08. The first-order chi connectivity index (χ1) is 9.11. The minimum atomic E-state index is -0.467. The number of carbonyl (C=O) groups excluding carboxylic acids is 1. The number of benzene rings is 1. The first-order valence-corrected chi connectivity index (χ1v) is 5.91. The number of nitrogen functional groups attached to an aromatic ring is 1. The largest absolute Gasteiger partial charge is 0.318 e. The monoisotopic (exact) mass is 297 g/mol. The van der Waals surface area contributed by atoms with Gasteiger partial charge >= 0.3 is 0 Å². The third-order valence-electron chi connectivity index (χ3n) is 2.23. The van der Waals surface area contributed by atoms with E-state index in [2.05, 4.69) is 20.7 Å². The van der Waals surface area contributed by atoms with Gasteiger partial charge in [-0.15, -0.1) is 0 Å². The average Bonchev–Trinajstić information content (AvgIpc) is 2.43. The highest BCUT2D eigenvalue weighted by molar-refractivity contribution is 6.39. The Hall–Kier alpha value is -1.89. The van der Waals surface area contributed by atoms with Gasteiger partial charge in [-0.1, -0.05) is 29.3 Å². The smallest absolute Gasteiger partial charge is 0.275 e. The molecule has 2 rings (SSSR count). The first kappa shape index (κ1) is 13.5. The van der Waals surface area contributed by atoms with Gasteiger partial charge in [0.2, 0.25) is 0 Å². The molecule has 4 N–H and O–H groups in total. The van der Waals surface area contributed by atoms with Gasteiger partial charge < -0.3 is 10.7 Å². The molecule has 8 heteroatoms. The van der Waals surface area contributed by atoms with Crippen molar-refractivity contribution in [2.45, 2.75) is 0 Å². The molecule has 0 atom stereocenters. The number of nitrogens with two attached hydrogens (primary N) is 1. The molecule has 6 nitrogen and oxygen atoms in total. The molecule has 1 heterocycles. The second-order valence-corrected chi connectivity index (χ2v) is 4.30. The molecule has 0 fully saturated rings. The SMILES string of the molecule is NNc1cnc(C(=O)Nc2c(Cl)cccc2Cl)cn1. The Morgan fingerprint density at radius 1 is 1.16 bits per heavy atom. The maximum atomic E-state index is 11.9. The summed E-state index contributed by atoms with van der Waals surface area (Å²) in [6, 6.07) is 4.92. The van der Waals surface area contributed by atoms with E-state index in [1.807, 2.05) is 0 Å². The molecule has 0 aliphatic carbocycles. The van der Waals surface area contributed by atoms with Crippen LogP contribution < -0.4 is 16.6 Å². The molecule has 0 bridgehead atoms. The number of rotatable bonds is 3. The number of hydrazine groups is 1. The van der Waals surface area contributed by atoms with E-state index >= 15 is 0 Å². The van der Waals surface area contributed by atoms with Crippen LogP contribution in [0, 0.1) is 0 Å². The quantitative estimate of drug-likeness (QED) is 0.597. The summed E-state index contributed by atoms with van der Waals surface area (Å²) in [6.07, 6.45) is 2.62. The fourth-order valence-corrected chi connectivity index (χ4v) is 1.81. The highest BCUT2D eigenvalue weighted by atomic mass is 35.5. The fraction of sp³-hybridized carbons (Fsp3) is 0. The number of amides is 1. The first-order valence-electron chi connectivity index (χ1n) is 5.16. The van der Waals surface area contributed by atoms with E-state index in [1.54, 1.807) is 18.2 Å². The van der Waals surface area contributed by atoms with Gasteiger partial charge in [0.05, 0.1) is 28.1 Å². The number of anilines is 2. The zero-order chi connectivity index (χ0) is 13.8. The van der Waals surface area contributed by atoms with E-state index in [0.717, 1.165) is 0 Å². The van der Waals surface area contributed by atoms with Crippen molar-refractivity contribution >= 4 is 40.6 Å². The van der Waals surface area contributed by atoms with Gasteiger partial charge in [0.1, 0.15) is 5.69 Å². The molecule has 0 saturated carbocycles. The molecule has 0 unspecified atom stereocenters. The molecule has 1 amide bonds. The van der Waals surface area contributed by atoms with E-state index < -0.39 is 5.91 Å². The van der Waals surface area contributed by atoms with Crippen LogP contribution in [0.25, 0.3) is 0 Å². The highest BCUT2D eigenvalue weighted by Crippen LogP contribution is 2.29. The Kier molecular flexibility index (Phi) is 4.16. The van der Waals surface area contributed by atoms with Crippen LogP contribution in [0.15, 0.2) is 30.6 Å². The van der Waals surface area contributed by atoms with Crippen molar-refractivity contribution in [1.29, 1.82) is 0 Å². The van der Waals surface area contributed by atoms with Gasteiger partial charge in [-0.05, 0) is 12.1 Å². The molecule has 1 aromatic carbocycles. The van der Waals surface area contributed by atoms with Crippen molar-refractivity contribution in [3.05, 3.63) is 46.3 Å². The topological polar surface area (TPSA) is 92.9 Å². The van der Waals surface area contributed by atoms with E-state index in [9.17, 15) is 4.79 Å². The third-order valence-corrected chi connectivity index (χ3v) is 2.86. The number of hydrogen-bond acceptors (Lipinski definition) is 5. The number of hydrogen-bond donors (Lipinski definition) is 3. The molecule has 1 aromatic heterocycles. The number of halogens is 2. The standard InChI is InChI=1S/C11H9Cl2N5O/c12-6-2-1-3-7(13)10(6)17-11(19)8-4-16-9(18-14)5-15-8/h1-5H,14H2,(H,16,18)(H,17,19). The molecule has 0 aliphatic heterocycles. The maximum Gasteiger partial charge on any atom is 0.275 e. The van der Waals surface area contributed by atoms with Gasteiger partial charge in [0.15, 0.2) is 5.82 Å². The van der Waals surface area contributed by atoms with Crippen LogP contribution in [-0.2, 0) is 0 Å². The molecular weight excluding hydrogens is 289 g/mol. The Morgan fingerprint density at radius 3 is 2.37 bits per heavy atom. The van der Waals surface area contributed by atoms with E-state index in [1.165, 1.54) is 12.4 Å². The lowest BCUT2D eigenvalue weighted by molar-refractivity contribution is 0.102. The Bertz CT molecular complexity index is 582. The van der Waals surface area contributed by atoms with Gasteiger partial charge in [-0.25, -0.2) is 15.8 Å².